The third-order valence-electron chi connectivity index (χ3n) is 3.51. The van der Waals surface area contributed by atoms with Gasteiger partial charge in [0.25, 0.3) is 0 Å². The maximum absolute atomic E-state index is 5.77. The Morgan fingerprint density at radius 1 is 0.783 bits per heavy atom. The normalized spacial score (nSPS) is 10.6. The molecule has 0 N–H and O–H groups in total. The number of rotatable bonds is 9. The van der Waals surface area contributed by atoms with Crippen LogP contribution in [0.3, 0.4) is 0 Å². The summed E-state index contributed by atoms with van der Waals surface area (Å²) in [4.78, 5) is 0. The highest BCUT2D eigenvalue weighted by Crippen LogP contribution is 2.26. The Hall–Kier alpha value is -2.16. The molecule has 0 aliphatic carbocycles. The van der Waals surface area contributed by atoms with Gasteiger partial charge in [-0.15, -0.1) is 0 Å². The molecule has 0 aromatic heterocycles. The minimum absolute atomic E-state index is 0.544. The van der Waals surface area contributed by atoms with Crippen LogP contribution in [0.4, 0.5) is 0 Å². The van der Waals surface area contributed by atoms with Gasteiger partial charge in [-0.2, -0.15) is 0 Å². The molecular formula is C20H26O3. The highest BCUT2D eigenvalue weighted by atomic mass is 16.5. The topological polar surface area (TPSA) is 27.7 Å². The van der Waals surface area contributed by atoms with Gasteiger partial charge in [-0.05, 0) is 42.7 Å². The molecule has 0 atom stereocenters. The molecule has 3 heteroatoms. The Kier molecular flexibility index (Phi) is 6.79. The molecule has 2 aromatic carbocycles. The average Bonchev–Trinajstić information content (AvgIpc) is 2.56. The monoisotopic (exact) mass is 314 g/mol. The highest BCUT2D eigenvalue weighted by Gasteiger charge is 2.03. The van der Waals surface area contributed by atoms with E-state index in [4.69, 9.17) is 14.2 Å². The van der Waals surface area contributed by atoms with E-state index in [1.54, 1.807) is 0 Å². The standard InChI is InChI=1S/C20H26O3/c1-4-21-19-8-5-6-9-20(19)23-15-7-14-22-18-12-10-17(11-13-18)16(2)3/h5-6,8-13,16H,4,7,14-15H2,1-3H3. The highest BCUT2D eigenvalue weighted by molar-refractivity contribution is 5.39. The van der Waals surface area contributed by atoms with Crippen LogP contribution in [0.5, 0.6) is 17.2 Å². The quantitative estimate of drug-likeness (QED) is 0.606. The van der Waals surface area contributed by atoms with E-state index in [9.17, 15) is 0 Å². The number of hydrogen-bond acceptors (Lipinski definition) is 3. The van der Waals surface area contributed by atoms with Crippen LogP contribution < -0.4 is 14.2 Å². The maximum Gasteiger partial charge on any atom is 0.161 e. The van der Waals surface area contributed by atoms with E-state index in [1.165, 1.54) is 5.56 Å². The zero-order chi connectivity index (χ0) is 16.5. The number of para-hydroxylation sites is 2. The van der Waals surface area contributed by atoms with E-state index in [0.29, 0.717) is 25.7 Å². The summed E-state index contributed by atoms with van der Waals surface area (Å²) in [5, 5.41) is 0. The van der Waals surface area contributed by atoms with Gasteiger partial charge in [0.1, 0.15) is 5.75 Å². The predicted molar refractivity (Wildman–Crippen MR) is 93.7 cm³/mol. The molecule has 0 fully saturated rings. The summed E-state index contributed by atoms with van der Waals surface area (Å²) in [5.41, 5.74) is 1.33. The Morgan fingerprint density at radius 2 is 1.39 bits per heavy atom. The molecule has 3 nitrogen and oxygen atoms in total. The van der Waals surface area contributed by atoms with E-state index >= 15 is 0 Å². The molecular weight excluding hydrogens is 288 g/mol. The van der Waals surface area contributed by atoms with Crippen LogP contribution in [-0.2, 0) is 0 Å². The Labute approximate surface area is 139 Å². The molecule has 0 spiro atoms. The average molecular weight is 314 g/mol. The third-order valence-corrected chi connectivity index (χ3v) is 3.51. The summed E-state index contributed by atoms with van der Waals surface area (Å²) in [6.07, 6.45) is 0.826. The zero-order valence-corrected chi connectivity index (χ0v) is 14.2. The van der Waals surface area contributed by atoms with E-state index in [2.05, 4.69) is 26.0 Å². The summed E-state index contributed by atoms with van der Waals surface area (Å²) >= 11 is 0. The fourth-order valence-corrected chi connectivity index (χ4v) is 2.22. The van der Waals surface area contributed by atoms with Crippen molar-refractivity contribution in [1.82, 2.24) is 0 Å². The summed E-state index contributed by atoms with van der Waals surface area (Å²) in [7, 11) is 0. The third kappa shape index (κ3) is 5.51. The summed E-state index contributed by atoms with van der Waals surface area (Å²) in [6.45, 7) is 8.22. The second kappa shape index (κ2) is 9.09. The second-order valence-electron chi connectivity index (χ2n) is 5.65. The summed E-state index contributed by atoms with van der Waals surface area (Å²) in [5.74, 6) is 3.03. The molecule has 0 aliphatic heterocycles. The van der Waals surface area contributed by atoms with E-state index in [1.807, 2.05) is 43.3 Å². The van der Waals surface area contributed by atoms with Crippen molar-refractivity contribution in [1.29, 1.82) is 0 Å². The van der Waals surface area contributed by atoms with Crippen molar-refractivity contribution in [2.45, 2.75) is 33.1 Å². The molecule has 0 aliphatic rings. The molecule has 0 unspecified atom stereocenters. The largest absolute Gasteiger partial charge is 0.493 e. The summed E-state index contributed by atoms with van der Waals surface area (Å²) < 4.78 is 17.1. The molecule has 0 bridgehead atoms. The lowest BCUT2D eigenvalue weighted by Crippen LogP contribution is -2.06. The molecule has 2 rings (SSSR count). The van der Waals surface area contributed by atoms with Gasteiger partial charge in [-0.25, -0.2) is 0 Å². The van der Waals surface area contributed by atoms with E-state index < -0.39 is 0 Å². The smallest absolute Gasteiger partial charge is 0.161 e. The van der Waals surface area contributed by atoms with Gasteiger partial charge >= 0.3 is 0 Å². The first-order valence-corrected chi connectivity index (χ1v) is 8.28. The SMILES string of the molecule is CCOc1ccccc1OCCCOc1ccc(C(C)C)cc1. The lowest BCUT2D eigenvalue weighted by atomic mass is 10.0. The van der Waals surface area contributed by atoms with Crippen LogP contribution in [-0.4, -0.2) is 19.8 Å². The molecule has 124 valence electrons. The van der Waals surface area contributed by atoms with Crippen LogP contribution in [0.2, 0.25) is 0 Å². The number of hydrogen-bond donors (Lipinski definition) is 0. The molecule has 0 amide bonds. The fraction of sp³-hybridized carbons (Fsp3) is 0.400. The van der Waals surface area contributed by atoms with Crippen molar-refractivity contribution in [3.05, 3.63) is 54.1 Å². The molecule has 0 heterocycles. The van der Waals surface area contributed by atoms with Crippen LogP contribution in [0, 0.1) is 0 Å². The van der Waals surface area contributed by atoms with Gasteiger partial charge < -0.3 is 14.2 Å². The first kappa shape index (κ1) is 17.2. The van der Waals surface area contributed by atoms with Crippen LogP contribution in [0.15, 0.2) is 48.5 Å². The molecule has 23 heavy (non-hydrogen) atoms. The maximum atomic E-state index is 5.77. The first-order chi connectivity index (χ1) is 11.2. The molecule has 0 saturated heterocycles. The fourth-order valence-electron chi connectivity index (χ4n) is 2.22. The van der Waals surface area contributed by atoms with Crippen molar-refractivity contribution >= 4 is 0 Å². The Bertz CT molecular complexity index is 576. The van der Waals surface area contributed by atoms with Gasteiger partial charge in [0, 0.05) is 6.42 Å². The van der Waals surface area contributed by atoms with Crippen molar-refractivity contribution in [2.24, 2.45) is 0 Å². The lowest BCUT2D eigenvalue weighted by molar-refractivity contribution is 0.236. The van der Waals surface area contributed by atoms with Gasteiger partial charge in [0.15, 0.2) is 11.5 Å². The van der Waals surface area contributed by atoms with Crippen LogP contribution >= 0.6 is 0 Å². The molecule has 0 saturated carbocycles. The zero-order valence-electron chi connectivity index (χ0n) is 14.2. The van der Waals surface area contributed by atoms with Crippen LogP contribution in [0.1, 0.15) is 38.7 Å². The Morgan fingerprint density at radius 3 is 2.00 bits per heavy atom. The minimum Gasteiger partial charge on any atom is -0.493 e. The van der Waals surface area contributed by atoms with Crippen molar-refractivity contribution in [3.8, 4) is 17.2 Å². The van der Waals surface area contributed by atoms with Gasteiger partial charge in [-0.3, -0.25) is 0 Å². The van der Waals surface area contributed by atoms with E-state index in [-0.39, 0.29) is 0 Å². The van der Waals surface area contributed by atoms with Crippen LogP contribution in [0.25, 0.3) is 0 Å². The lowest BCUT2D eigenvalue weighted by Gasteiger charge is -2.12. The van der Waals surface area contributed by atoms with Crippen molar-refractivity contribution < 1.29 is 14.2 Å². The summed E-state index contributed by atoms with van der Waals surface area (Å²) in [6, 6.07) is 16.0. The van der Waals surface area contributed by atoms with Crippen molar-refractivity contribution in [3.63, 3.8) is 0 Å². The van der Waals surface area contributed by atoms with Gasteiger partial charge in [0.05, 0.1) is 19.8 Å². The van der Waals surface area contributed by atoms with E-state index in [0.717, 1.165) is 23.7 Å². The predicted octanol–water partition coefficient (Wildman–Crippen LogP) is 5.06. The van der Waals surface area contributed by atoms with Crippen molar-refractivity contribution in [2.75, 3.05) is 19.8 Å². The van der Waals surface area contributed by atoms with Gasteiger partial charge in [0.2, 0.25) is 0 Å². The second-order valence-corrected chi connectivity index (χ2v) is 5.65. The van der Waals surface area contributed by atoms with Gasteiger partial charge in [-0.1, -0.05) is 38.1 Å². The number of ether oxygens (including phenoxy) is 3. The Balaban J connectivity index is 1.71. The molecule has 0 radical (unpaired) electrons. The number of benzene rings is 2. The molecule has 2 aromatic rings. The minimum atomic E-state index is 0.544. The first-order valence-electron chi connectivity index (χ1n) is 8.28.